The molecule has 34 heavy (non-hydrogen) atoms. The molecular formula is C28H34N4O2. The highest BCUT2D eigenvalue weighted by Crippen LogP contribution is 2.45. The molecule has 4 heterocycles. The molecule has 2 aromatic carbocycles. The number of hydrogen-bond donors (Lipinski definition) is 0. The van der Waals surface area contributed by atoms with Gasteiger partial charge in [-0.25, -0.2) is 4.68 Å². The molecule has 178 valence electrons. The maximum Gasteiger partial charge on any atom is 0.119 e. The zero-order chi connectivity index (χ0) is 22.7. The number of nitrogens with zero attached hydrogens (tertiary/aromatic N) is 4. The molecule has 3 aliphatic rings. The number of benzene rings is 2. The molecule has 6 rings (SSSR count). The molecular weight excluding hydrogens is 424 g/mol. The molecule has 3 aromatic rings. The first-order valence-corrected chi connectivity index (χ1v) is 12.8. The molecule has 0 aliphatic carbocycles. The average Bonchev–Trinajstić information content (AvgIpc) is 3.59. The molecule has 2 fully saturated rings. The van der Waals surface area contributed by atoms with E-state index in [0.29, 0.717) is 12.0 Å². The van der Waals surface area contributed by atoms with E-state index in [1.54, 1.807) is 0 Å². The van der Waals surface area contributed by atoms with E-state index in [1.165, 1.54) is 36.1 Å². The van der Waals surface area contributed by atoms with Gasteiger partial charge < -0.3 is 9.47 Å². The standard InChI is InChI=1S/C28H34N4O2/c1-4-28-26-20-24(34-17-3-12-30-15-18-33-19-16-30)9-10-25(26)27(21-31(28)13-1)22-5-7-23(8-6-22)32-14-2-11-29-32/h2,5-11,14,20,27-28H,1,3-4,12-13,15-19,21H2/t27-,28+/m1/s1. The summed E-state index contributed by atoms with van der Waals surface area (Å²) in [5, 5.41) is 4.36. The van der Waals surface area contributed by atoms with Crippen molar-refractivity contribution in [2.24, 2.45) is 0 Å². The van der Waals surface area contributed by atoms with Crippen molar-refractivity contribution in [3.05, 3.63) is 77.6 Å². The normalized spacial score (nSPS) is 22.9. The molecule has 0 radical (unpaired) electrons. The van der Waals surface area contributed by atoms with Crippen LogP contribution in [0.25, 0.3) is 5.69 Å². The van der Waals surface area contributed by atoms with Crippen LogP contribution in [0, 0.1) is 0 Å². The van der Waals surface area contributed by atoms with Crippen molar-refractivity contribution in [1.29, 1.82) is 0 Å². The largest absolute Gasteiger partial charge is 0.494 e. The van der Waals surface area contributed by atoms with Gasteiger partial charge in [-0.3, -0.25) is 9.80 Å². The minimum Gasteiger partial charge on any atom is -0.494 e. The van der Waals surface area contributed by atoms with Crippen LogP contribution in [-0.2, 0) is 4.74 Å². The van der Waals surface area contributed by atoms with E-state index in [4.69, 9.17) is 9.47 Å². The van der Waals surface area contributed by atoms with Crippen molar-refractivity contribution in [2.75, 3.05) is 52.5 Å². The Morgan fingerprint density at radius 1 is 1.00 bits per heavy atom. The fourth-order valence-electron chi connectivity index (χ4n) is 5.85. The van der Waals surface area contributed by atoms with Crippen LogP contribution in [0.5, 0.6) is 5.75 Å². The SMILES string of the molecule is c1cnn(-c2ccc([C@H]3CN4CCC[C@H]4c4cc(OCCCN5CCOCC5)ccc43)cc2)c1. The summed E-state index contributed by atoms with van der Waals surface area (Å²) in [6.07, 6.45) is 7.39. The summed E-state index contributed by atoms with van der Waals surface area (Å²) in [5.74, 6) is 1.41. The lowest BCUT2D eigenvalue weighted by Crippen LogP contribution is -2.37. The molecule has 2 saturated heterocycles. The molecule has 1 aromatic heterocycles. The van der Waals surface area contributed by atoms with Gasteiger partial charge in [0.25, 0.3) is 0 Å². The molecule has 0 amide bonds. The minimum absolute atomic E-state index is 0.395. The van der Waals surface area contributed by atoms with E-state index in [-0.39, 0.29) is 0 Å². The molecule has 3 aliphatic heterocycles. The average molecular weight is 459 g/mol. The molecule has 0 bridgehead atoms. The summed E-state index contributed by atoms with van der Waals surface area (Å²) in [5.41, 5.74) is 5.41. The molecule has 0 spiro atoms. The van der Waals surface area contributed by atoms with Gasteiger partial charge in [0.2, 0.25) is 0 Å². The van der Waals surface area contributed by atoms with Crippen LogP contribution >= 0.6 is 0 Å². The predicted octanol–water partition coefficient (Wildman–Crippen LogP) is 4.26. The van der Waals surface area contributed by atoms with E-state index >= 15 is 0 Å². The van der Waals surface area contributed by atoms with Gasteiger partial charge in [0.1, 0.15) is 5.75 Å². The lowest BCUT2D eigenvalue weighted by Gasteiger charge is -2.37. The van der Waals surface area contributed by atoms with Crippen molar-refractivity contribution < 1.29 is 9.47 Å². The summed E-state index contributed by atoms with van der Waals surface area (Å²) in [6.45, 7) is 7.94. The number of fused-ring (bicyclic) bond motifs is 3. The van der Waals surface area contributed by atoms with Crippen molar-refractivity contribution in [3.8, 4) is 11.4 Å². The highest BCUT2D eigenvalue weighted by molar-refractivity contribution is 5.47. The second kappa shape index (κ2) is 9.90. The van der Waals surface area contributed by atoms with E-state index in [0.717, 1.165) is 63.9 Å². The van der Waals surface area contributed by atoms with E-state index in [9.17, 15) is 0 Å². The Hall–Kier alpha value is -2.67. The van der Waals surface area contributed by atoms with Crippen LogP contribution in [0.4, 0.5) is 0 Å². The lowest BCUT2D eigenvalue weighted by molar-refractivity contribution is 0.0358. The zero-order valence-electron chi connectivity index (χ0n) is 19.8. The molecule has 0 unspecified atom stereocenters. The van der Waals surface area contributed by atoms with Gasteiger partial charge in [-0.05, 0) is 72.8 Å². The van der Waals surface area contributed by atoms with Crippen LogP contribution in [-0.4, -0.2) is 72.1 Å². The van der Waals surface area contributed by atoms with E-state index in [1.807, 2.05) is 23.1 Å². The third-order valence-electron chi connectivity index (χ3n) is 7.63. The van der Waals surface area contributed by atoms with E-state index in [2.05, 4.69) is 57.4 Å². The smallest absolute Gasteiger partial charge is 0.119 e. The topological polar surface area (TPSA) is 42.8 Å². The fourth-order valence-corrected chi connectivity index (χ4v) is 5.85. The molecule has 0 N–H and O–H groups in total. The van der Waals surface area contributed by atoms with Gasteiger partial charge in [0.05, 0.1) is 25.5 Å². The number of aromatic nitrogens is 2. The second-order valence-electron chi connectivity index (χ2n) is 9.69. The first-order valence-electron chi connectivity index (χ1n) is 12.8. The maximum atomic E-state index is 6.22. The lowest BCUT2D eigenvalue weighted by atomic mass is 9.81. The minimum atomic E-state index is 0.395. The summed E-state index contributed by atoms with van der Waals surface area (Å²) in [6, 6.07) is 18.3. The maximum absolute atomic E-state index is 6.22. The van der Waals surface area contributed by atoms with Gasteiger partial charge in [-0.1, -0.05) is 18.2 Å². The molecule has 6 nitrogen and oxygen atoms in total. The molecule has 0 saturated carbocycles. The van der Waals surface area contributed by atoms with Crippen LogP contribution in [0.2, 0.25) is 0 Å². The monoisotopic (exact) mass is 458 g/mol. The molecule has 2 atom stereocenters. The van der Waals surface area contributed by atoms with Gasteiger partial charge in [-0.2, -0.15) is 5.10 Å². The van der Waals surface area contributed by atoms with Gasteiger partial charge in [-0.15, -0.1) is 0 Å². The van der Waals surface area contributed by atoms with E-state index < -0.39 is 0 Å². The van der Waals surface area contributed by atoms with Crippen molar-refractivity contribution in [3.63, 3.8) is 0 Å². The molecule has 6 heteroatoms. The summed E-state index contributed by atoms with van der Waals surface area (Å²) in [7, 11) is 0. The number of hydrogen-bond acceptors (Lipinski definition) is 5. The summed E-state index contributed by atoms with van der Waals surface area (Å²) >= 11 is 0. The third-order valence-corrected chi connectivity index (χ3v) is 7.63. The van der Waals surface area contributed by atoms with Crippen LogP contribution in [0.3, 0.4) is 0 Å². The van der Waals surface area contributed by atoms with Crippen molar-refractivity contribution >= 4 is 0 Å². The van der Waals surface area contributed by atoms with Crippen molar-refractivity contribution in [1.82, 2.24) is 19.6 Å². The number of morpholine rings is 1. The Kier molecular flexibility index (Phi) is 6.36. The van der Waals surface area contributed by atoms with Crippen LogP contribution < -0.4 is 4.74 Å². The Morgan fingerprint density at radius 2 is 1.88 bits per heavy atom. The Labute approximate surface area is 202 Å². The number of ether oxygens (including phenoxy) is 2. The predicted molar refractivity (Wildman–Crippen MR) is 133 cm³/mol. The Morgan fingerprint density at radius 3 is 2.71 bits per heavy atom. The van der Waals surface area contributed by atoms with Crippen molar-refractivity contribution in [2.45, 2.75) is 31.2 Å². The van der Waals surface area contributed by atoms with Gasteiger partial charge in [0.15, 0.2) is 0 Å². The first kappa shape index (κ1) is 21.8. The highest BCUT2D eigenvalue weighted by atomic mass is 16.5. The third kappa shape index (κ3) is 4.50. The quantitative estimate of drug-likeness (QED) is 0.495. The van der Waals surface area contributed by atoms with Crippen LogP contribution in [0.1, 0.15) is 47.9 Å². The second-order valence-corrected chi connectivity index (χ2v) is 9.69. The number of rotatable bonds is 7. The Bertz CT molecular complexity index is 1080. The first-order chi connectivity index (χ1) is 16.8. The highest BCUT2D eigenvalue weighted by Gasteiger charge is 2.36. The van der Waals surface area contributed by atoms with Crippen LogP contribution in [0.15, 0.2) is 60.9 Å². The summed E-state index contributed by atoms with van der Waals surface area (Å²) in [4.78, 5) is 5.15. The van der Waals surface area contributed by atoms with Gasteiger partial charge in [0, 0.05) is 50.5 Å². The summed E-state index contributed by atoms with van der Waals surface area (Å²) < 4.78 is 13.6. The van der Waals surface area contributed by atoms with Gasteiger partial charge >= 0.3 is 0 Å². The Balaban J connectivity index is 1.18. The zero-order valence-corrected chi connectivity index (χ0v) is 19.8. The fraction of sp³-hybridized carbons (Fsp3) is 0.464.